The Kier molecular flexibility index (Phi) is 5.27. The molecule has 0 amide bonds. The number of hydrogen-bond donors (Lipinski definition) is 1. The standard InChI is InChI=1S/C15H24N6/c1-5-6-16-9-13-10-18-15(19-12(13)2)21(4)11-14-17-7-8-20(14)3/h7-8,10,16H,5-6,9,11H2,1-4H3. The van der Waals surface area contributed by atoms with E-state index in [0.717, 1.165) is 42.5 Å². The first-order chi connectivity index (χ1) is 10.1. The van der Waals surface area contributed by atoms with Crippen LogP contribution in [0.2, 0.25) is 0 Å². The fourth-order valence-electron chi connectivity index (χ4n) is 2.07. The fourth-order valence-corrected chi connectivity index (χ4v) is 2.07. The minimum atomic E-state index is 0.691. The molecule has 2 aromatic heterocycles. The van der Waals surface area contributed by atoms with Gasteiger partial charge in [-0.3, -0.25) is 0 Å². The van der Waals surface area contributed by atoms with Crippen LogP contribution in [0.3, 0.4) is 0 Å². The van der Waals surface area contributed by atoms with Gasteiger partial charge in [0.1, 0.15) is 5.82 Å². The summed E-state index contributed by atoms with van der Waals surface area (Å²) in [4.78, 5) is 15.4. The number of nitrogens with zero attached hydrogens (tertiary/aromatic N) is 5. The molecule has 2 aromatic rings. The number of rotatable bonds is 7. The summed E-state index contributed by atoms with van der Waals surface area (Å²) in [6, 6.07) is 0. The van der Waals surface area contributed by atoms with Crippen molar-refractivity contribution < 1.29 is 0 Å². The van der Waals surface area contributed by atoms with E-state index in [9.17, 15) is 0 Å². The molecule has 1 N–H and O–H groups in total. The van der Waals surface area contributed by atoms with E-state index < -0.39 is 0 Å². The van der Waals surface area contributed by atoms with Crippen LogP contribution in [-0.2, 0) is 20.1 Å². The second-order valence-electron chi connectivity index (χ2n) is 5.27. The molecule has 0 aromatic carbocycles. The summed E-state index contributed by atoms with van der Waals surface area (Å²) < 4.78 is 2.01. The smallest absolute Gasteiger partial charge is 0.225 e. The second-order valence-corrected chi connectivity index (χ2v) is 5.27. The molecule has 0 aliphatic carbocycles. The zero-order valence-corrected chi connectivity index (χ0v) is 13.3. The average Bonchev–Trinajstić information content (AvgIpc) is 2.86. The molecule has 2 rings (SSSR count). The number of nitrogens with one attached hydrogen (secondary N) is 1. The molecule has 21 heavy (non-hydrogen) atoms. The second kappa shape index (κ2) is 7.17. The van der Waals surface area contributed by atoms with Crippen molar-refractivity contribution in [2.45, 2.75) is 33.4 Å². The molecule has 0 unspecified atom stereocenters. The molecular formula is C15H24N6. The lowest BCUT2D eigenvalue weighted by molar-refractivity contribution is 0.667. The van der Waals surface area contributed by atoms with Crippen molar-refractivity contribution >= 4 is 5.95 Å². The Labute approximate surface area is 126 Å². The highest BCUT2D eigenvalue weighted by atomic mass is 15.2. The Bertz CT molecular complexity index is 577. The Balaban J connectivity index is 2.03. The monoisotopic (exact) mass is 288 g/mol. The molecule has 0 bridgehead atoms. The first-order valence-corrected chi connectivity index (χ1v) is 7.32. The van der Waals surface area contributed by atoms with Gasteiger partial charge in [-0.25, -0.2) is 15.0 Å². The lowest BCUT2D eigenvalue weighted by atomic mass is 10.2. The van der Waals surface area contributed by atoms with Crippen molar-refractivity contribution in [1.82, 2.24) is 24.8 Å². The van der Waals surface area contributed by atoms with Crippen molar-refractivity contribution in [3.8, 4) is 0 Å². The van der Waals surface area contributed by atoms with Crippen LogP contribution >= 0.6 is 0 Å². The first kappa shape index (κ1) is 15.4. The predicted octanol–water partition coefficient (Wildman–Crippen LogP) is 1.65. The Morgan fingerprint density at radius 3 is 2.76 bits per heavy atom. The maximum atomic E-state index is 4.60. The summed E-state index contributed by atoms with van der Waals surface area (Å²) in [6.45, 7) is 6.72. The summed E-state index contributed by atoms with van der Waals surface area (Å²) in [5.74, 6) is 1.72. The summed E-state index contributed by atoms with van der Waals surface area (Å²) in [5.41, 5.74) is 2.17. The molecule has 0 atom stereocenters. The number of imidazole rings is 1. The fraction of sp³-hybridized carbons (Fsp3) is 0.533. The third-order valence-electron chi connectivity index (χ3n) is 3.45. The van der Waals surface area contributed by atoms with Crippen LogP contribution in [0.1, 0.15) is 30.4 Å². The van der Waals surface area contributed by atoms with Gasteiger partial charge in [0.25, 0.3) is 0 Å². The van der Waals surface area contributed by atoms with Crippen molar-refractivity contribution in [2.24, 2.45) is 7.05 Å². The van der Waals surface area contributed by atoms with Gasteiger partial charge in [-0.15, -0.1) is 0 Å². The van der Waals surface area contributed by atoms with Crippen LogP contribution in [0.5, 0.6) is 0 Å². The minimum absolute atomic E-state index is 0.691. The van der Waals surface area contributed by atoms with Crippen LogP contribution in [-0.4, -0.2) is 33.1 Å². The van der Waals surface area contributed by atoms with E-state index in [0.29, 0.717) is 6.54 Å². The third kappa shape index (κ3) is 4.01. The normalized spacial score (nSPS) is 10.9. The van der Waals surface area contributed by atoms with Crippen LogP contribution in [0.4, 0.5) is 5.95 Å². The maximum Gasteiger partial charge on any atom is 0.225 e. The summed E-state index contributed by atoms with van der Waals surface area (Å²) in [5, 5.41) is 3.38. The van der Waals surface area contributed by atoms with Gasteiger partial charge in [-0.05, 0) is 19.9 Å². The topological polar surface area (TPSA) is 58.9 Å². The van der Waals surface area contributed by atoms with E-state index in [4.69, 9.17) is 0 Å². The number of anilines is 1. The highest BCUT2D eigenvalue weighted by Gasteiger charge is 2.10. The summed E-state index contributed by atoms with van der Waals surface area (Å²) in [6.07, 6.45) is 6.79. The first-order valence-electron chi connectivity index (χ1n) is 7.32. The van der Waals surface area contributed by atoms with E-state index in [2.05, 4.69) is 27.2 Å². The minimum Gasteiger partial charge on any atom is -0.337 e. The van der Waals surface area contributed by atoms with E-state index in [-0.39, 0.29) is 0 Å². The molecule has 2 heterocycles. The van der Waals surface area contributed by atoms with Crippen LogP contribution < -0.4 is 10.2 Å². The van der Waals surface area contributed by atoms with Gasteiger partial charge < -0.3 is 14.8 Å². The molecule has 0 saturated heterocycles. The number of hydrogen-bond acceptors (Lipinski definition) is 5. The Morgan fingerprint density at radius 2 is 2.14 bits per heavy atom. The highest BCUT2D eigenvalue weighted by molar-refractivity contribution is 5.32. The molecule has 0 saturated carbocycles. The number of aromatic nitrogens is 4. The highest BCUT2D eigenvalue weighted by Crippen LogP contribution is 2.12. The molecule has 0 aliphatic heterocycles. The molecule has 0 spiro atoms. The van der Waals surface area contributed by atoms with Gasteiger partial charge in [0.2, 0.25) is 5.95 Å². The van der Waals surface area contributed by atoms with Gasteiger partial charge in [0.05, 0.1) is 6.54 Å². The van der Waals surface area contributed by atoms with Crippen LogP contribution in [0.25, 0.3) is 0 Å². The SMILES string of the molecule is CCCNCc1cnc(N(C)Cc2nccn2C)nc1C. The third-order valence-corrected chi connectivity index (χ3v) is 3.45. The van der Waals surface area contributed by atoms with Crippen molar-refractivity contribution in [3.63, 3.8) is 0 Å². The van der Waals surface area contributed by atoms with Crippen LogP contribution in [0.15, 0.2) is 18.6 Å². The number of aryl methyl sites for hydroxylation is 2. The predicted molar refractivity (Wildman–Crippen MR) is 84.1 cm³/mol. The van der Waals surface area contributed by atoms with Gasteiger partial charge >= 0.3 is 0 Å². The van der Waals surface area contributed by atoms with Crippen molar-refractivity contribution in [1.29, 1.82) is 0 Å². The molecule has 6 heteroatoms. The average molecular weight is 288 g/mol. The lowest BCUT2D eigenvalue weighted by Gasteiger charge is -2.18. The van der Waals surface area contributed by atoms with Gasteiger partial charge in [0.15, 0.2) is 0 Å². The van der Waals surface area contributed by atoms with Crippen LogP contribution in [0, 0.1) is 6.92 Å². The lowest BCUT2D eigenvalue weighted by Crippen LogP contribution is -2.22. The summed E-state index contributed by atoms with van der Waals surface area (Å²) in [7, 11) is 3.98. The molecular weight excluding hydrogens is 264 g/mol. The van der Waals surface area contributed by atoms with Gasteiger partial charge in [0, 0.05) is 50.5 Å². The van der Waals surface area contributed by atoms with Crippen molar-refractivity contribution in [2.75, 3.05) is 18.5 Å². The maximum absolute atomic E-state index is 4.60. The molecule has 6 nitrogen and oxygen atoms in total. The zero-order chi connectivity index (χ0) is 15.2. The molecule has 0 radical (unpaired) electrons. The Hall–Kier alpha value is -1.95. The largest absolute Gasteiger partial charge is 0.337 e. The Morgan fingerprint density at radius 1 is 1.33 bits per heavy atom. The van der Waals surface area contributed by atoms with E-state index in [1.165, 1.54) is 0 Å². The quantitative estimate of drug-likeness (QED) is 0.785. The van der Waals surface area contributed by atoms with E-state index in [1.807, 2.05) is 42.9 Å². The van der Waals surface area contributed by atoms with Crippen molar-refractivity contribution in [3.05, 3.63) is 35.7 Å². The zero-order valence-electron chi connectivity index (χ0n) is 13.3. The van der Waals surface area contributed by atoms with Gasteiger partial charge in [-0.2, -0.15) is 0 Å². The molecule has 0 fully saturated rings. The molecule has 114 valence electrons. The van der Waals surface area contributed by atoms with Gasteiger partial charge in [-0.1, -0.05) is 6.92 Å². The molecule has 0 aliphatic rings. The summed E-state index contributed by atoms with van der Waals surface area (Å²) >= 11 is 0. The van der Waals surface area contributed by atoms with E-state index in [1.54, 1.807) is 6.20 Å². The van der Waals surface area contributed by atoms with E-state index >= 15 is 0 Å².